The molecule has 27 heavy (non-hydrogen) atoms. The maximum absolute atomic E-state index is 13.1. The zero-order valence-electron chi connectivity index (χ0n) is 15.7. The van der Waals surface area contributed by atoms with Crippen molar-refractivity contribution in [1.29, 1.82) is 0 Å². The first-order valence-corrected chi connectivity index (χ1v) is 9.16. The summed E-state index contributed by atoms with van der Waals surface area (Å²) in [5.41, 5.74) is 2.43. The van der Waals surface area contributed by atoms with Gasteiger partial charge in [-0.15, -0.1) is 0 Å². The molecule has 9 heteroatoms. The number of halogens is 5. The molecule has 1 aromatic carbocycles. The molecule has 0 bridgehead atoms. The summed E-state index contributed by atoms with van der Waals surface area (Å²) in [6.07, 6.45) is 0.193. The Labute approximate surface area is 164 Å². The van der Waals surface area contributed by atoms with E-state index in [2.05, 4.69) is 4.99 Å². The van der Waals surface area contributed by atoms with E-state index in [1.807, 2.05) is 25.8 Å². The van der Waals surface area contributed by atoms with Crippen molar-refractivity contribution in [3.63, 3.8) is 0 Å². The summed E-state index contributed by atoms with van der Waals surface area (Å²) in [6, 6.07) is 3.21. The van der Waals surface area contributed by atoms with E-state index in [-0.39, 0.29) is 18.6 Å². The summed E-state index contributed by atoms with van der Waals surface area (Å²) < 4.78 is 56.6. The maximum atomic E-state index is 13.1. The summed E-state index contributed by atoms with van der Waals surface area (Å²) >= 11 is 1.66. The van der Waals surface area contributed by atoms with Crippen molar-refractivity contribution in [2.75, 3.05) is 20.2 Å². The van der Waals surface area contributed by atoms with E-state index in [0.717, 1.165) is 12.1 Å². The molecule has 0 aliphatic heterocycles. The number of aliphatic imine (C=N–C) groups is 1. The van der Waals surface area contributed by atoms with Crippen LogP contribution in [0.2, 0.25) is 0 Å². The third kappa shape index (κ3) is 6.48. The number of carbonyl (C=O) groups excluding carboxylic acids is 1. The van der Waals surface area contributed by atoms with Crippen LogP contribution >= 0.6 is 15.9 Å². The van der Waals surface area contributed by atoms with Gasteiger partial charge in [0.1, 0.15) is 0 Å². The van der Waals surface area contributed by atoms with Crippen molar-refractivity contribution in [3.8, 4) is 0 Å². The minimum atomic E-state index is -4.29. The van der Waals surface area contributed by atoms with Gasteiger partial charge in [0, 0.05) is 20.0 Å². The fraction of sp³-hybridized carbons (Fsp3) is 0.556. The van der Waals surface area contributed by atoms with Crippen LogP contribution in [-0.2, 0) is 4.74 Å². The standard InChI is InChI=1S/C18H23BrF4N2O2/c1-5-25(4)11-24-15-8-7-14(12(2)13(15)3)16(26)27-10-6-9-17(20,21)18(19,22)23/h7-8,11H,5-6,9-10H2,1-4H3. The molecule has 0 aliphatic rings. The minimum absolute atomic E-state index is 0.285. The molecule has 0 N–H and O–H groups in total. The lowest BCUT2D eigenvalue weighted by molar-refractivity contribution is -0.152. The molecule has 0 aromatic heterocycles. The average Bonchev–Trinajstić information content (AvgIpc) is 2.58. The lowest BCUT2D eigenvalue weighted by atomic mass is 10.0. The highest BCUT2D eigenvalue weighted by molar-refractivity contribution is 9.10. The van der Waals surface area contributed by atoms with E-state index >= 15 is 0 Å². The summed E-state index contributed by atoms with van der Waals surface area (Å²) in [7, 11) is 1.88. The second-order valence-electron chi connectivity index (χ2n) is 6.14. The lowest BCUT2D eigenvalue weighted by Crippen LogP contribution is -2.35. The van der Waals surface area contributed by atoms with Gasteiger partial charge in [0.2, 0.25) is 0 Å². The van der Waals surface area contributed by atoms with E-state index in [1.165, 1.54) is 0 Å². The molecule has 0 radical (unpaired) electrons. The molecule has 1 aromatic rings. The van der Waals surface area contributed by atoms with Crippen LogP contribution < -0.4 is 0 Å². The molecule has 0 amide bonds. The third-order valence-electron chi connectivity index (χ3n) is 4.15. The first-order valence-electron chi connectivity index (χ1n) is 8.37. The quantitative estimate of drug-likeness (QED) is 0.124. The Hall–Kier alpha value is -1.64. The van der Waals surface area contributed by atoms with E-state index in [1.54, 1.807) is 41.3 Å². The van der Waals surface area contributed by atoms with E-state index in [4.69, 9.17) is 4.74 Å². The topological polar surface area (TPSA) is 41.9 Å². The first kappa shape index (κ1) is 23.4. The van der Waals surface area contributed by atoms with Crippen molar-refractivity contribution in [1.82, 2.24) is 4.90 Å². The molecule has 0 heterocycles. The first-order chi connectivity index (χ1) is 12.4. The van der Waals surface area contributed by atoms with Gasteiger partial charge >= 0.3 is 16.7 Å². The van der Waals surface area contributed by atoms with Crippen molar-refractivity contribution in [2.45, 2.75) is 44.4 Å². The molecule has 0 saturated carbocycles. The van der Waals surface area contributed by atoms with Crippen LogP contribution in [0.3, 0.4) is 0 Å². The Morgan fingerprint density at radius 3 is 2.44 bits per heavy atom. The molecule has 0 aliphatic carbocycles. The van der Waals surface area contributed by atoms with Gasteiger partial charge in [0.05, 0.1) is 24.2 Å². The van der Waals surface area contributed by atoms with Crippen molar-refractivity contribution in [2.24, 2.45) is 4.99 Å². The molecule has 0 fully saturated rings. The van der Waals surface area contributed by atoms with E-state index < -0.39 is 23.1 Å². The van der Waals surface area contributed by atoms with Crippen LogP contribution in [0.1, 0.15) is 41.3 Å². The summed E-state index contributed by atoms with van der Waals surface area (Å²) in [4.78, 5) is 14.1. The van der Waals surface area contributed by atoms with E-state index in [0.29, 0.717) is 11.3 Å². The summed E-state index contributed by atoms with van der Waals surface area (Å²) in [5, 5.41) is 0. The summed E-state index contributed by atoms with van der Waals surface area (Å²) in [6.45, 7) is 5.94. The molecule has 0 saturated heterocycles. The number of ether oxygens (including phenoxy) is 1. The molecule has 0 atom stereocenters. The van der Waals surface area contributed by atoms with Crippen LogP contribution in [0.15, 0.2) is 17.1 Å². The monoisotopic (exact) mass is 454 g/mol. The molecule has 4 nitrogen and oxygen atoms in total. The Kier molecular flexibility index (Phi) is 8.25. The fourth-order valence-corrected chi connectivity index (χ4v) is 2.29. The van der Waals surface area contributed by atoms with Gasteiger partial charge in [-0.3, -0.25) is 0 Å². The van der Waals surface area contributed by atoms with Crippen LogP contribution in [0, 0.1) is 13.8 Å². The van der Waals surface area contributed by atoms with Gasteiger partial charge in [0.15, 0.2) is 0 Å². The van der Waals surface area contributed by atoms with Crippen LogP contribution in [0.25, 0.3) is 0 Å². The highest BCUT2D eigenvalue weighted by Crippen LogP contribution is 2.42. The van der Waals surface area contributed by atoms with Gasteiger partial charge in [-0.2, -0.15) is 17.6 Å². The highest BCUT2D eigenvalue weighted by Gasteiger charge is 2.53. The number of carbonyl (C=O) groups is 1. The van der Waals surface area contributed by atoms with Gasteiger partial charge in [-0.25, -0.2) is 9.79 Å². The number of alkyl halides is 5. The Balaban J connectivity index is 2.71. The predicted molar refractivity (Wildman–Crippen MR) is 101 cm³/mol. The zero-order chi connectivity index (χ0) is 20.8. The fourth-order valence-electron chi connectivity index (χ4n) is 2.09. The Morgan fingerprint density at radius 2 is 1.89 bits per heavy atom. The van der Waals surface area contributed by atoms with Crippen molar-refractivity contribution in [3.05, 3.63) is 28.8 Å². The number of hydrogen-bond acceptors (Lipinski definition) is 3. The van der Waals surface area contributed by atoms with Gasteiger partial charge in [-0.05, 0) is 66.4 Å². The molecular formula is C18H23BrF4N2O2. The van der Waals surface area contributed by atoms with Gasteiger partial charge < -0.3 is 9.64 Å². The third-order valence-corrected chi connectivity index (χ3v) is 4.73. The number of nitrogens with zero attached hydrogens (tertiary/aromatic N) is 2. The normalized spacial score (nSPS) is 12.5. The van der Waals surface area contributed by atoms with Crippen LogP contribution in [0.4, 0.5) is 23.2 Å². The zero-order valence-corrected chi connectivity index (χ0v) is 17.2. The predicted octanol–water partition coefficient (Wildman–Crippen LogP) is 5.47. The summed E-state index contributed by atoms with van der Waals surface area (Å²) in [5.74, 6) is -4.90. The highest BCUT2D eigenvalue weighted by atomic mass is 79.9. The molecule has 1 rings (SSSR count). The number of hydrogen-bond donors (Lipinski definition) is 0. The van der Waals surface area contributed by atoms with Crippen LogP contribution in [-0.4, -0.2) is 48.2 Å². The largest absolute Gasteiger partial charge is 0.462 e. The molecule has 0 unspecified atom stereocenters. The SMILES string of the molecule is CCN(C)C=Nc1ccc(C(=O)OCCCC(F)(F)C(F)(F)Br)c(C)c1C. The number of benzene rings is 1. The number of esters is 1. The number of rotatable bonds is 9. The second-order valence-corrected chi connectivity index (χ2v) is 7.14. The van der Waals surface area contributed by atoms with E-state index in [9.17, 15) is 22.4 Å². The van der Waals surface area contributed by atoms with Gasteiger partial charge in [0.25, 0.3) is 0 Å². The molecular weight excluding hydrogens is 432 g/mol. The smallest absolute Gasteiger partial charge is 0.363 e. The maximum Gasteiger partial charge on any atom is 0.363 e. The van der Waals surface area contributed by atoms with Crippen molar-refractivity contribution < 1.29 is 27.1 Å². The van der Waals surface area contributed by atoms with Crippen molar-refractivity contribution >= 4 is 33.9 Å². The molecule has 0 spiro atoms. The minimum Gasteiger partial charge on any atom is -0.462 e. The van der Waals surface area contributed by atoms with Gasteiger partial charge in [-0.1, -0.05) is 0 Å². The van der Waals surface area contributed by atoms with Crippen LogP contribution in [0.5, 0.6) is 0 Å². The Bertz CT molecular complexity index is 691. The average molecular weight is 455 g/mol. The Morgan fingerprint density at radius 1 is 1.26 bits per heavy atom. The lowest BCUT2D eigenvalue weighted by Gasteiger charge is -2.21. The molecule has 152 valence electrons. The second kappa shape index (κ2) is 9.52.